The summed E-state index contributed by atoms with van der Waals surface area (Å²) in [6.07, 6.45) is 3.03. The fraction of sp³-hybridized carbons (Fsp3) is 0.385. The first kappa shape index (κ1) is 12.8. The highest BCUT2D eigenvalue weighted by molar-refractivity contribution is 6.42. The summed E-state index contributed by atoms with van der Waals surface area (Å²) in [6.45, 7) is 1.20. The Kier molecular flexibility index (Phi) is 3.37. The van der Waals surface area contributed by atoms with Crippen LogP contribution in [0.2, 0.25) is 10.0 Å². The molecule has 1 aliphatic rings. The molecule has 0 saturated carbocycles. The third-order valence-electron chi connectivity index (χ3n) is 3.35. The van der Waals surface area contributed by atoms with Gasteiger partial charge in [0, 0.05) is 13.0 Å². The molecule has 0 N–H and O–H groups in total. The standard InChI is InChI=1S/C13H13Cl2N3O/c14-10-5-4-9(7-11(10)15)8-18-13(19)17-6-2-1-3-12(17)16-18/h4-5,7H,1-3,6,8H2. The fourth-order valence-corrected chi connectivity index (χ4v) is 2.68. The summed E-state index contributed by atoms with van der Waals surface area (Å²) in [5.74, 6) is 0.885. The molecule has 2 aromatic rings. The molecule has 0 bridgehead atoms. The van der Waals surface area contributed by atoms with E-state index in [0.717, 1.165) is 37.2 Å². The maximum Gasteiger partial charge on any atom is 0.346 e. The Morgan fingerprint density at radius 3 is 2.79 bits per heavy atom. The van der Waals surface area contributed by atoms with Crippen molar-refractivity contribution in [2.75, 3.05) is 0 Å². The highest BCUT2D eigenvalue weighted by Gasteiger charge is 2.16. The summed E-state index contributed by atoms with van der Waals surface area (Å²) in [5.41, 5.74) is 0.882. The molecule has 0 aliphatic carbocycles. The molecule has 4 nitrogen and oxygen atoms in total. The van der Waals surface area contributed by atoms with Gasteiger partial charge in [-0.05, 0) is 30.5 Å². The average molecular weight is 298 g/mol. The topological polar surface area (TPSA) is 39.8 Å². The molecule has 19 heavy (non-hydrogen) atoms. The number of halogens is 2. The summed E-state index contributed by atoms with van der Waals surface area (Å²) in [5, 5.41) is 5.40. The molecule has 1 aliphatic heterocycles. The molecule has 0 unspecified atom stereocenters. The predicted octanol–water partition coefficient (Wildman–Crippen LogP) is 2.74. The number of benzene rings is 1. The Morgan fingerprint density at radius 1 is 1.21 bits per heavy atom. The third kappa shape index (κ3) is 2.42. The highest BCUT2D eigenvalue weighted by atomic mass is 35.5. The Morgan fingerprint density at radius 2 is 2.05 bits per heavy atom. The molecule has 0 radical (unpaired) electrons. The van der Waals surface area contributed by atoms with Gasteiger partial charge in [0.25, 0.3) is 0 Å². The van der Waals surface area contributed by atoms with Crippen molar-refractivity contribution in [1.82, 2.24) is 14.3 Å². The number of nitrogens with zero attached hydrogens (tertiary/aromatic N) is 3. The molecule has 0 amide bonds. The largest absolute Gasteiger partial charge is 0.346 e. The Balaban J connectivity index is 1.93. The first-order chi connectivity index (χ1) is 9.15. The lowest BCUT2D eigenvalue weighted by atomic mass is 10.2. The molecule has 0 saturated heterocycles. The third-order valence-corrected chi connectivity index (χ3v) is 4.09. The van der Waals surface area contributed by atoms with Crippen molar-refractivity contribution >= 4 is 23.2 Å². The first-order valence-electron chi connectivity index (χ1n) is 6.25. The second kappa shape index (κ2) is 5.02. The van der Waals surface area contributed by atoms with Crippen LogP contribution < -0.4 is 5.69 Å². The van der Waals surface area contributed by atoms with Crippen LogP contribution in [0.25, 0.3) is 0 Å². The van der Waals surface area contributed by atoms with E-state index in [9.17, 15) is 4.79 Å². The zero-order valence-corrected chi connectivity index (χ0v) is 11.8. The van der Waals surface area contributed by atoms with Gasteiger partial charge in [-0.15, -0.1) is 0 Å². The minimum absolute atomic E-state index is 0.0410. The summed E-state index contributed by atoms with van der Waals surface area (Å²) < 4.78 is 3.27. The normalized spacial score (nSPS) is 14.4. The van der Waals surface area contributed by atoms with E-state index in [0.29, 0.717) is 16.6 Å². The maximum absolute atomic E-state index is 12.2. The zero-order chi connectivity index (χ0) is 13.4. The van der Waals surface area contributed by atoms with Crippen molar-refractivity contribution < 1.29 is 0 Å². The number of aromatic nitrogens is 3. The number of rotatable bonds is 2. The summed E-state index contributed by atoms with van der Waals surface area (Å²) in [4.78, 5) is 12.2. The quantitative estimate of drug-likeness (QED) is 0.855. The van der Waals surface area contributed by atoms with Crippen molar-refractivity contribution in [2.24, 2.45) is 0 Å². The van der Waals surface area contributed by atoms with E-state index in [1.807, 2.05) is 6.07 Å². The molecule has 1 aromatic heterocycles. The van der Waals surface area contributed by atoms with Crippen LogP contribution in [0.4, 0.5) is 0 Å². The number of hydrogen-bond acceptors (Lipinski definition) is 2. The van der Waals surface area contributed by atoms with Crippen LogP contribution in [0, 0.1) is 0 Å². The molecule has 3 rings (SSSR count). The summed E-state index contributed by atoms with van der Waals surface area (Å²) in [7, 11) is 0. The highest BCUT2D eigenvalue weighted by Crippen LogP contribution is 2.22. The average Bonchev–Trinajstić information content (AvgIpc) is 2.72. The van der Waals surface area contributed by atoms with Crippen LogP contribution in [0.3, 0.4) is 0 Å². The smallest absolute Gasteiger partial charge is 0.279 e. The Labute approximate surface area is 120 Å². The fourth-order valence-electron chi connectivity index (χ4n) is 2.36. The number of hydrogen-bond donors (Lipinski definition) is 0. The minimum atomic E-state index is -0.0410. The molecule has 0 atom stereocenters. The Hall–Kier alpha value is -1.26. The van der Waals surface area contributed by atoms with Gasteiger partial charge in [0.1, 0.15) is 5.82 Å². The van der Waals surface area contributed by atoms with Crippen LogP contribution in [0.1, 0.15) is 24.2 Å². The lowest BCUT2D eigenvalue weighted by Crippen LogP contribution is -2.27. The second-order valence-electron chi connectivity index (χ2n) is 4.71. The van der Waals surface area contributed by atoms with Crippen LogP contribution >= 0.6 is 23.2 Å². The lowest BCUT2D eigenvalue weighted by molar-refractivity contribution is 0.511. The molecule has 0 fully saturated rings. The van der Waals surface area contributed by atoms with Crippen molar-refractivity contribution in [3.05, 3.63) is 50.1 Å². The molecule has 1 aromatic carbocycles. The van der Waals surface area contributed by atoms with Crippen LogP contribution in [-0.2, 0) is 19.5 Å². The van der Waals surface area contributed by atoms with E-state index in [1.165, 1.54) is 4.68 Å². The minimum Gasteiger partial charge on any atom is -0.279 e. The van der Waals surface area contributed by atoms with Gasteiger partial charge in [0.05, 0.1) is 16.6 Å². The van der Waals surface area contributed by atoms with Crippen LogP contribution in [0.15, 0.2) is 23.0 Å². The zero-order valence-electron chi connectivity index (χ0n) is 10.3. The monoisotopic (exact) mass is 297 g/mol. The summed E-state index contributed by atoms with van der Waals surface area (Å²) in [6, 6.07) is 5.37. The molecular formula is C13H13Cl2N3O. The van der Waals surface area contributed by atoms with E-state index >= 15 is 0 Å². The first-order valence-corrected chi connectivity index (χ1v) is 7.01. The van der Waals surface area contributed by atoms with Gasteiger partial charge in [-0.2, -0.15) is 5.10 Å². The van der Waals surface area contributed by atoms with Gasteiger partial charge in [-0.3, -0.25) is 4.57 Å². The van der Waals surface area contributed by atoms with Gasteiger partial charge in [0.2, 0.25) is 0 Å². The number of aryl methyl sites for hydroxylation is 1. The predicted molar refractivity (Wildman–Crippen MR) is 75.0 cm³/mol. The summed E-state index contributed by atoms with van der Waals surface area (Å²) >= 11 is 11.9. The van der Waals surface area contributed by atoms with E-state index in [4.69, 9.17) is 23.2 Å². The lowest BCUT2D eigenvalue weighted by Gasteiger charge is -2.09. The molecule has 100 valence electrons. The van der Waals surface area contributed by atoms with Crippen molar-refractivity contribution in [3.8, 4) is 0 Å². The van der Waals surface area contributed by atoms with Crippen LogP contribution in [-0.4, -0.2) is 14.3 Å². The van der Waals surface area contributed by atoms with E-state index in [-0.39, 0.29) is 5.69 Å². The molecule has 0 spiro atoms. The second-order valence-corrected chi connectivity index (χ2v) is 5.53. The molecule has 6 heteroatoms. The van der Waals surface area contributed by atoms with Crippen molar-refractivity contribution in [3.63, 3.8) is 0 Å². The number of fused-ring (bicyclic) bond motifs is 1. The van der Waals surface area contributed by atoms with Gasteiger partial charge in [0.15, 0.2) is 0 Å². The van der Waals surface area contributed by atoms with Gasteiger partial charge in [-0.1, -0.05) is 29.3 Å². The van der Waals surface area contributed by atoms with E-state index < -0.39 is 0 Å². The van der Waals surface area contributed by atoms with Crippen LogP contribution in [0.5, 0.6) is 0 Å². The molecule has 2 heterocycles. The van der Waals surface area contributed by atoms with E-state index in [1.54, 1.807) is 16.7 Å². The SMILES string of the molecule is O=c1n(Cc2ccc(Cl)c(Cl)c2)nc2n1CCCC2. The van der Waals surface area contributed by atoms with Gasteiger partial charge in [-0.25, -0.2) is 9.48 Å². The molecular weight excluding hydrogens is 285 g/mol. The van der Waals surface area contributed by atoms with Gasteiger partial charge >= 0.3 is 5.69 Å². The van der Waals surface area contributed by atoms with E-state index in [2.05, 4.69) is 5.10 Å². The van der Waals surface area contributed by atoms with Gasteiger partial charge < -0.3 is 0 Å². The Bertz CT molecular complexity index is 675. The maximum atomic E-state index is 12.2. The van der Waals surface area contributed by atoms with Crippen molar-refractivity contribution in [1.29, 1.82) is 0 Å². The van der Waals surface area contributed by atoms with Crippen molar-refractivity contribution in [2.45, 2.75) is 32.4 Å².